The number of benzene rings is 1. The Kier molecular flexibility index (Phi) is 4.42. The average molecular weight is 353 g/mol. The third-order valence-electron chi connectivity index (χ3n) is 5.51. The maximum atomic E-state index is 12.9. The Labute approximate surface area is 154 Å². The number of rotatable bonds is 4. The number of allylic oxidation sites excluding steroid dienone is 2. The van der Waals surface area contributed by atoms with Gasteiger partial charge in [-0.1, -0.05) is 43.7 Å². The Hall–Kier alpha value is -2.56. The van der Waals surface area contributed by atoms with Crippen LogP contribution in [0, 0.1) is 24.2 Å². The van der Waals surface area contributed by atoms with E-state index in [0.717, 1.165) is 11.4 Å². The molecule has 1 fully saturated rings. The van der Waals surface area contributed by atoms with Crippen molar-refractivity contribution >= 4 is 11.6 Å². The van der Waals surface area contributed by atoms with E-state index < -0.39 is 0 Å². The summed E-state index contributed by atoms with van der Waals surface area (Å²) in [7, 11) is 1.83. The van der Waals surface area contributed by atoms with Crippen molar-refractivity contribution < 1.29 is 4.79 Å². The maximum Gasteiger partial charge on any atom is 0.295 e. The predicted molar refractivity (Wildman–Crippen MR) is 105 cm³/mol. The summed E-state index contributed by atoms with van der Waals surface area (Å²) in [5, 5.41) is 2.91. The van der Waals surface area contributed by atoms with Gasteiger partial charge in [-0.3, -0.25) is 14.3 Å². The lowest BCUT2D eigenvalue weighted by atomic mass is 10.1. The molecule has 2 unspecified atom stereocenters. The highest BCUT2D eigenvalue weighted by molar-refractivity contribution is 5.96. The molecule has 0 spiro atoms. The summed E-state index contributed by atoms with van der Waals surface area (Å²) >= 11 is 0. The Balaban J connectivity index is 1.92. The van der Waals surface area contributed by atoms with Crippen molar-refractivity contribution in [3.05, 3.63) is 58.0 Å². The van der Waals surface area contributed by atoms with Crippen LogP contribution in [0.2, 0.25) is 0 Å². The van der Waals surface area contributed by atoms with E-state index in [1.54, 1.807) is 9.36 Å². The molecule has 138 valence electrons. The number of hydrogen-bond donors (Lipinski definition) is 1. The number of anilines is 1. The number of para-hydroxylation sites is 1. The van der Waals surface area contributed by atoms with Gasteiger partial charge in [0.2, 0.25) is 5.91 Å². The van der Waals surface area contributed by atoms with Crippen LogP contribution in [0.25, 0.3) is 5.69 Å². The van der Waals surface area contributed by atoms with Crippen LogP contribution in [0.15, 0.2) is 46.8 Å². The lowest BCUT2D eigenvalue weighted by molar-refractivity contribution is -0.118. The topological polar surface area (TPSA) is 56.0 Å². The molecule has 1 amide bonds. The fourth-order valence-corrected chi connectivity index (χ4v) is 3.76. The Bertz CT molecular complexity index is 928. The quantitative estimate of drug-likeness (QED) is 0.853. The summed E-state index contributed by atoms with van der Waals surface area (Å²) in [5.74, 6) is 0.0259. The van der Waals surface area contributed by atoms with Crippen LogP contribution >= 0.6 is 0 Å². The van der Waals surface area contributed by atoms with Gasteiger partial charge in [-0.05, 0) is 44.2 Å². The molecule has 1 aliphatic carbocycles. The number of nitrogens with one attached hydrogen (secondary N) is 1. The van der Waals surface area contributed by atoms with Crippen LogP contribution in [0.3, 0.4) is 0 Å². The zero-order chi connectivity index (χ0) is 19.2. The van der Waals surface area contributed by atoms with E-state index in [1.165, 1.54) is 5.57 Å². The van der Waals surface area contributed by atoms with Gasteiger partial charge in [-0.2, -0.15) is 0 Å². The molecule has 1 heterocycles. The smallest absolute Gasteiger partial charge is 0.295 e. The summed E-state index contributed by atoms with van der Waals surface area (Å²) in [4.78, 5) is 25.8. The standard InChI is InChI=1S/C21H27N3O2/c1-13(2)12-16-17(21(16,4)5)19(25)22-18-14(3)23(6)24(20(18)26)15-10-8-7-9-11-15/h7-12,16-17H,1-6H3,(H,22,25). The van der Waals surface area contributed by atoms with Gasteiger partial charge in [0.15, 0.2) is 0 Å². The SMILES string of the molecule is CC(C)=CC1C(C(=O)Nc2c(C)n(C)n(-c3ccccc3)c2=O)C1(C)C. The predicted octanol–water partition coefficient (Wildman–Crippen LogP) is 3.66. The molecule has 0 bridgehead atoms. The molecule has 1 aromatic heterocycles. The van der Waals surface area contributed by atoms with Gasteiger partial charge in [-0.25, -0.2) is 4.68 Å². The highest BCUT2D eigenvalue weighted by Gasteiger charge is 2.60. The summed E-state index contributed by atoms with van der Waals surface area (Å²) in [6.07, 6.45) is 2.16. The summed E-state index contributed by atoms with van der Waals surface area (Å²) < 4.78 is 3.36. The molecule has 2 atom stereocenters. The van der Waals surface area contributed by atoms with Crippen LogP contribution in [0.5, 0.6) is 0 Å². The molecule has 0 radical (unpaired) electrons. The van der Waals surface area contributed by atoms with Crippen molar-refractivity contribution in [1.29, 1.82) is 0 Å². The van der Waals surface area contributed by atoms with Gasteiger partial charge in [0.05, 0.1) is 17.3 Å². The highest BCUT2D eigenvalue weighted by Crippen LogP contribution is 2.59. The van der Waals surface area contributed by atoms with Gasteiger partial charge in [-0.15, -0.1) is 0 Å². The van der Waals surface area contributed by atoms with Gasteiger partial charge in [0.25, 0.3) is 5.56 Å². The van der Waals surface area contributed by atoms with E-state index in [1.807, 2.05) is 58.2 Å². The first-order chi connectivity index (χ1) is 12.2. The normalized spacial score (nSPS) is 20.5. The Morgan fingerprint density at radius 1 is 1.19 bits per heavy atom. The average Bonchev–Trinajstić information content (AvgIpc) is 3.04. The van der Waals surface area contributed by atoms with Gasteiger partial charge in [0, 0.05) is 7.05 Å². The van der Waals surface area contributed by atoms with Crippen LogP contribution in [-0.4, -0.2) is 15.3 Å². The second kappa shape index (κ2) is 6.31. The molecule has 0 saturated heterocycles. The summed E-state index contributed by atoms with van der Waals surface area (Å²) in [6, 6.07) is 9.44. The Morgan fingerprint density at radius 2 is 1.81 bits per heavy atom. The zero-order valence-corrected chi connectivity index (χ0v) is 16.3. The molecule has 1 aliphatic rings. The first kappa shape index (κ1) is 18.2. The molecular formula is C21H27N3O2. The monoisotopic (exact) mass is 353 g/mol. The molecule has 1 N–H and O–H groups in total. The lowest BCUT2D eigenvalue weighted by Crippen LogP contribution is -2.24. The first-order valence-corrected chi connectivity index (χ1v) is 8.96. The van der Waals surface area contributed by atoms with Crippen molar-refractivity contribution in [2.75, 3.05) is 5.32 Å². The minimum atomic E-state index is -0.207. The number of amides is 1. The van der Waals surface area contributed by atoms with Crippen LogP contribution < -0.4 is 10.9 Å². The number of carbonyl (C=O) groups is 1. The van der Waals surface area contributed by atoms with E-state index in [2.05, 4.69) is 25.2 Å². The molecular weight excluding hydrogens is 326 g/mol. The Morgan fingerprint density at radius 3 is 2.38 bits per heavy atom. The number of nitrogens with zero attached hydrogens (tertiary/aromatic N) is 2. The second-order valence-corrected chi connectivity index (χ2v) is 7.99. The van der Waals surface area contributed by atoms with Crippen molar-refractivity contribution in [1.82, 2.24) is 9.36 Å². The minimum absolute atomic E-state index is 0.0801. The third kappa shape index (κ3) is 2.91. The molecule has 5 nitrogen and oxygen atoms in total. The molecule has 2 aromatic rings. The van der Waals surface area contributed by atoms with Gasteiger partial charge < -0.3 is 5.32 Å². The molecule has 1 aromatic carbocycles. The summed E-state index contributed by atoms with van der Waals surface area (Å²) in [5.41, 5.74) is 2.80. The molecule has 1 saturated carbocycles. The highest BCUT2D eigenvalue weighted by atomic mass is 16.2. The second-order valence-electron chi connectivity index (χ2n) is 7.99. The molecule has 3 rings (SSSR count). The molecule has 5 heteroatoms. The van der Waals surface area contributed by atoms with E-state index in [0.29, 0.717) is 5.69 Å². The maximum absolute atomic E-state index is 12.9. The van der Waals surface area contributed by atoms with Crippen LogP contribution in [0.1, 0.15) is 33.4 Å². The lowest BCUT2D eigenvalue weighted by Gasteiger charge is -2.07. The van der Waals surface area contributed by atoms with Gasteiger partial charge in [0.1, 0.15) is 5.69 Å². The van der Waals surface area contributed by atoms with E-state index in [4.69, 9.17) is 0 Å². The van der Waals surface area contributed by atoms with Crippen LogP contribution in [0.4, 0.5) is 5.69 Å². The van der Waals surface area contributed by atoms with Crippen LogP contribution in [-0.2, 0) is 11.8 Å². The van der Waals surface area contributed by atoms with Crippen molar-refractivity contribution in [2.24, 2.45) is 24.3 Å². The van der Waals surface area contributed by atoms with E-state index in [9.17, 15) is 9.59 Å². The zero-order valence-electron chi connectivity index (χ0n) is 16.3. The van der Waals surface area contributed by atoms with Crippen molar-refractivity contribution in [3.8, 4) is 5.69 Å². The third-order valence-corrected chi connectivity index (χ3v) is 5.51. The van der Waals surface area contributed by atoms with E-state index >= 15 is 0 Å². The summed E-state index contributed by atoms with van der Waals surface area (Å²) in [6.45, 7) is 10.1. The number of aromatic nitrogens is 2. The first-order valence-electron chi connectivity index (χ1n) is 8.96. The van der Waals surface area contributed by atoms with Gasteiger partial charge >= 0.3 is 0 Å². The molecule has 0 aliphatic heterocycles. The van der Waals surface area contributed by atoms with Crippen molar-refractivity contribution in [2.45, 2.75) is 34.6 Å². The van der Waals surface area contributed by atoms with Crippen molar-refractivity contribution in [3.63, 3.8) is 0 Å². The fraction of sp³-hybridized carbons (Fsp3) is 0.429. The van der Waals surface area contributed by atoms with E-state index in [-0.39, 0.29) is 28.7 Å². The largest absolute Gasteiger partial charge is 0.320 e. The minimum Gasteiger partial charge on any atom is -0.320 e. The number of carbonyl (C=O) groups excluding carboxylic acids is 1. The number of hydrogen-bond acceptors (Lipinski definition) is 2. The molecule has 26 heavy (non-hydrogen) atoms. The fourth-order valence-electron chi connectivity index (χ4n) is 3.76.